The van der Waals surface area contributed by atoms with E-state index in [0.717, 1.165) is 0 Å². The van der Waals surface area contributed by atoms with E-state index in [1.807, 2.05) is 4.83 Å². The molecule has 1 amide bonds. The van der Waals surface area contributed by atoms with E-state index >= 15 is 0 Å². The molecule has 1 aliphatic rings. The summed E-state index contributed by atoms with van der Waals surface area (Å²) >= 11 is 0. The van der Waals surface area contributed by atoms with E-state index in [-0.39, 0.29) is 4.90 Å². The van der Waals surface area contributed by atoms with Gasteiger partial charge in [-0.1, -0.05) is 30.3 Å². The smallest absolute Gasteiger partial charge is 0.323 e. The average Bonchev–Trinajstić information content (AvgIpc) is 2.98. The molecule has 0 radical (unpaired) electrons. The molecule has 2 aromatic rings. The van der Waals surface area contributed by atoms with Gasteiger partial charge in [-0.2, -0.15) is 0 Å². The number of ether oxygens (including phenoxy) is 2. The number of hydrazine groups is 1. The van der Waals surface area contributed by atoms with E-state index in [4.69, 9.17) is 9.47 Å². The average molecular weight is 320 g/mol. The molecule has 22 heavy (non-hydrogen) atoms. The molecule has 3 rings (SSSR count). The Balaban J connectivity index is 1.62. The lowest BCUT2D eigenvalue weighted by Crippen LogP contribution is -2.48. The van der Waals surface area contributed by atoms with E-state index in [9.17, 15) is 13.2 Å². The van der Waals surface area contributed by atoms with Gasteiger partial charge in [0.2, 0.25) is 0 Å². The summed E-state index contributed by atoms with van der Waals surface area (Å²) in [6.07, 6.45) is -1.24. The van der Waals surface area contributed by atoms with E-state index in [1.54, 1.807) is 42.5 Å². The van der Waals surface area contributed by atoms with Gasteiger partial charge in [-0.25, -0.2) is 8.42 Å². The van der Waals surface area contributed by atoms with Crippen molar-refractivity contribution < 1.29 is 22.7 Å². The number of hydrogen-bond acceptors (Lipinski definition) is 5. The molecule has 8 heteroatoms. The number of rotatable bonds is 4. The van der Waals surface area contributed by atoms with E-state index in [2.05, 4.69) is 5.43 Å². The van der Waals surface area contributed by atoms with Crippen LogP contribution in [-0.4, -0.2) is 20.6 Å². The Labute approximate surface area is 126 Å². The number of para-hydroxylation sites is 2. The van der Waals surface area contributed by atoms with Gasteiger partial charge in [0.15, 0.2) is 11.5 Å². The van der Waals surface area contributed by atoms with Crippen LogP contribution in [0.3, 0.4) is 0 Å². The van der Waals surface area contributed by atoms with Crippen LogP contribution in [-0.2, 0) is 14.8 Å². The minimum Gasteiger partial charge on any atom is -0.442 e. The Morgan fingerprint density at radius 1 is 0.909 bits per heavy atom. The standard InChI is InChI=1S/C14H12N2O5S/c17-13(14-20-11-8-4-5-9-12(11)21-14)15-16-22(18,19)10-6-2-1-3-7-10/h1-9,14,16H,(H,15,17). The van der Waals surface area contributed by atoms with Crippen LogP contribution in [0.15, 0.2) is 59.5 Å². The van der Waals surface area contributed by atoms with Crippen molar-refractivity contribution in [3.63, 3.8) is 0 Å². The third kappa shape index (κ3) is 2.87. The molecule has 0 atom stereocenters. The first kappa shape index (κ1) is 14.4. The topological polar surface area (TPSA) is 93.7 Å². The molecule has 1 aliphatic heterocycles. The van der Waals surface area contributed by atoms with E-state index < -0.39 is 22.2 Å². The molecule has 0 saturated heterocycles. The number of benzene rings is 2. The van der Waals surface area contributed by atoms with Crippen LogP contribution in [0.1, 0.15) is 0 Å². The maximum absolute atomic E-state index is 12.0. The van der Waals surface area contributed by atoms with E-state index in [1.165, 1.54) is 12.1 Å². The second kappa shape index (κ2) is 5.66. The molecule has 0 aliphatic carbocycles. The number of nitrogens with one attached hydrogen (secondary N) is 2. The van der Waals surface area contributed by atoms with Crippen molar-refractivity contribution in [2.75, 3.05) is 0 Å². The van der Waals surface area contributed by atoms with Crippen LogP contribution in [0.25, 0.3) is 0 Å². The number of hydrogen-bond donors (Lipinski definition) is 2. The molecule has 114 valence electrons. The fraction of sp³-hybridized carbons (Fsp3) is 0.0714. The summed E-state index contributed by atoms with van der Waals surface area (Å²) in [6, 6.07) is 14.4. The fourth-order valence-corrected chi connectivity index (χ4v) is 2.71. The molecule has 0 saturated carbocycles. The minimum absolute atomic E-state index is 0.0341. The van der Waals surface area contributed by atoms with Gasteiger partial charge >= 0.3 is 12.2 Å². The molecular weight excluding hydrogens is 308 g/mol. The van der Waals surface area contributed by atoms with Crippen LogP contribution in [0.5, 0.6) is 11.5 Å². The molecule has 7 nitrogen and oxygen atoms in total. The second-order valence-electron chi connectivity index (χ2n) is 4.42. The van der Waals surface area contributed by atoms with Crippen molar-refractivity contribution in [2.45, 2.75) is 11.2 Å². The summed E-state index contributed by atoms with van der Waals surface area (Å²) in [5.74, 6) is 0.0952. The summed E-state index contributed by atoms with van der Waals surface area (Å²) in [4.78, 5) is 13.9. The molecule has 2 aromatic carbocycles. The molecule has 0 fully saturated rings. The zero-order valence-corrected chi connectivity index (χ0v) is 12.0. The van der Waals surface area contributed by atoms with E-state index in [0.29, 0.717) is 11.5 Å². The Morgan fingerprint density at radius 2 is 1.45 bits per heavy atom. The summed E-state index contributed by atoms with van der Waals surface area (Å²) < 4.78 is 34.5. The summed E-state index contributed by atoms with van der Waals surface area (Å²) in [5.41, 5.74) is 2.07. The van der Waals surface area contributed by atoms with Crippen LogP contribution < -0.4 is 19.7 Å². The predicted octanol–water partition coefficient (Wildman–Crippen LogP) is 0.794. The molecule has 0 unspecified atom stereocenters. The first-order valence-electron chi connectivity index (χ1n) is 6.35. The third-order valence-corrected chi connectivity index (χ3v) is 4.16. The zero-order valence-electron chi connectivity index (χ0n) is 11.2. The lowest BCUT2D eigenvalue weighted by molar-refractivity contribution is -0.137. The summed E-state index contributed by atoms with van der Waals surface area (Å²) in [5, 5.41) is 0. The molecule has 1 heterocycles. The molecule has 0 bridgehead atoms. The van der Waals surface area contributed by atoms with Crippen LogP contribution in [0.2, 0.25) is 0 Å². The number of sulfonamides is 1. The first-order valence-corrected chi connectivity index (χ1v) is 7.84. The Bertz CT molecular complexity index is 767. The van der Waals surface area contributed by atoms with Crippen molar-refractivity contribution in [2.24, 2.45) is 0 Å². The second-order valence-corrected chi connectivity index (χ2v) is 6.10. The SMILES string of the molecule is O=C(NNS(=O)(=O)c1ccccc1)C1Oc2ccccc2O1. The van der Waals surface area contributed by atoms with Crippen molar-refractivity contribution in [1.82, 2.24) is 10.3 Å². The highest BCUT2D eigenvalue weighted by Gasteiger charge is 2.31. The lowest BCUT2D eigenvalue weighted by Gasteiger charge is -2.12. The van der Waals surface area contributed by atoms with Gasteiger partial charge in [-0.3, -0.25) is 10.2 Å². The van der Waals surface area contributed by atoms with Crippen molar-refractivity contribution in [3.8, 4) is 11.5 Å². The molecule has 0 spiro atoms. The molecular formula is C14H12N2O5S. The first-order chi connectivity index (χ1) is 10.6. The lowest BCUT2D eigenvalue weighted by atomic mass is 10.3. The fourth-order valence-electron chi connectivity index (χ4n) is 1.84. The molecule has 2 N–H and O–H groups in total. The quantitative estimate of drug-likeness (QED) is 0.813. The van der Waals surface area contributed by atoms with Gasteiger partial charge in [0.05, 0.1) is 4.90 Å². The van der Waals surface area contributed by atoms with Crippen molar-refractivity contribution in [1.29, 1.82) is 0 Å². The molecule has 0 aromatic heterocycles. The number of carbonyl (C=O) groups is 1. The normalized spacial score (nSPS) is 13.8. The predicted molar refractivity (Wildman–Crippen MR) is 76.4 cm³/mol. The van der Waals surface area contributed by atoms with Crippen LogP contribution in [0.4, 0.5) is 0 Å². The van der Waals surface area contributed by atoms with Crippen molar-refractivity contribution in [3.05, 3.63) is 54.6 Å². The monoisotopic (exact) mass is 320 g/mol. The zero-order chi connectivity index (χ0) is 15.6. The largest absolute Gasteiger partial charge is 0.442 e. The van der Waals surface area contributed by atoms with Crippen LogP contribution in [0, 0.1) is 0 Å². The van der Waals surface area contributed by atoms with Gasteiger partial charge in [0.1, 0.15) is 0 Å². The maximum atomic E-state index is 12.0. The summed E-state index contributed by atoms with van der Waals surface area (Å²) in [6.45, 7) is 0. The van der Waals surface area contributed by atoms with Crippen LogP contribution >= 0.6 is 0 Å². The maximum Gasteiger partial charge on any atom is 0.323 e. The third-order valence-electron chi connectivity index (χ3n) is 2.89. The van der Waals surface area contributed by atoms with Gasteiger partial charge in [-0.15, -0.1) is 4.83 Å². The highest BCUT2D eigenvalue weighted by atomic mass is 32.2. The number of carbonyl (C=O) groups excluding carboxylic acids is 1. The van der Waals surface area contributed by atoms with Gasteiger partial charge < -0.3 is 9.47 Å². The van der Waals surface area contributed by atoms with Gasteiger partial charge in [-0.05, 0) is 24.3 Å². The Morgan fingerprint density at radius 3 is 2.05 bits per heavy atom. The minimum atomic E-state index is -3.85. The summed E-state index contributed by atoms with van der Waals surface area (Å²) in [7, 11) is -3.85. The highest BCUT2D eigenvalue weighted by molar-refractivity contribution is 7.89. The van der Waals surface area contributed by atoms with Crippen molar-refractivity contribution >= 4 is 15.9 Å². The Hall–Kier alpha value is -2.58. The highest BCUT2D eigenvalue weighted by Crippen LogP contribution is 2.33. The number of fused-ring (bicyclic) bond motifs is 1. The van der Waals surface area contributed by atoms with Gasteiger partial charge in [0, 0.05) is 0 Å². The van der Waals surface area contributed by atoms with Gasteiger partial charge in [0.25, 0.3) is 10.0 Å². The Kier molecular flexibility index (Phi) is 3.70. The number of amides is 1.